The minimum atomic E-state index is -0.588. The van der Waals surface area contributed by atoms with Crippen molar-refractivity contribution in [2.24, 2.45) is 11.8 Å². The third-order valence-electron chi connectivity index (χ3n) is 8.29. The molecule has 230 valence electrons. The van der Waals surface area contributed by atoms with Crippen molar-refractivity contribution in [3.63, 3.8) is 0 Å². The van der Waals surface area contributed by atoms with Crippen LogP contribution in [0.1, 0.15) is 94.3 Å². The van der Waals surface area contributed by atoms with Crippen molar-refractivity contribution in [2.75, 3.05) is 40.4 Å². The Labute approximate surface area is 246 Å². The molecule has 0 aliphatic heterocycles. The predicted octanol–water partition coefficient (Wildman–Crippen LogP) is 7.36. The van der Waals surface area contributed by atoms with Gasteiger partial charge in [0.15, 0.2) is 23.1 Å². The Balaban J connectivity index is 0.000000226. The molecule has 0 saturated heterocycles. The van der Waals surface area contributed by atoms with Gasteiger partial charge in [-0.15, -0.1) is 0 Å². The zero-order valence-electron chi connectivity index (χ0n) is 25.2. The number of benzene rings is 2. The third-order valence-corrected chi connectivity index (χ3v) is 8.29. The summed E-state index contributed by atoms with van der Waals surface area (Å²) in [4.78, 5) is 0. The molecule has 2 aromatic carbocycles. The second kappa shape index (κ2) is 19.1. The number of halogens is 2. The molecule has 1 unspecified atom stereocenters. The summed E-state index contributed by atoms with van der Waals surface area (Å²) in [5.41, 5.74) is 1.87. The monoisotopic (exact) mass is 574 g/mol. The molecule has 0 heterocycles. The Morgan fingerprint density at radius 3 is 1.85 bits per heavy atom. The van der Waals surface area contributed by atoms with Gasteiger partial charge in [-0.2, -0.15) is 0 Å². The molecule has 2 aromatic rings. The summed E-state index contributed by atoms with van der Waals surface area (Å²) in [5.74, 6) is 1.25. The molecule has 7 heteroatoms. The largest absolute Gasteiger partial charge is 0.490 e. The van der Waals surface area contributed by atoms with Crippen LogP contribution >= 0.6 is 0 Å². The molecule has 0 bridgehead atoms. The number of ether oxygens (including phenoxy) is 2. The lowest BCUT2D eigenvalue weighted by atomic mass is 9.90. The van der Waals surface area contributed by atoms with Crippen molar-refractivity contribution in [1.82, 2.24) is 10.6 Å². The smallest absolute Gasteiger partial charge is 0.165 e. The number of aliphatic hydroxyl groups is 1. The molecule has 2 fully saturated rings. The normalized spacial score (nSPS) is 17.0. The average molecular weight is 575 g/mol. The SMILES string of the molecule is CNCCC(O)c1ccc(F)c(OCC2CCCCC2)c1.CNCCCc1ccc(F)c(OCC2CCCCC2)c1. The first-order valence-electron chi connectivity index (χ1n) is 15.8. The maximum absolute atomic E-state index is 13.8. The van der Waals surface area contributed by atoms with Gasteiger partial charge in [0.1, 0.15) is 0 Å². The lowest BCUT2D eigenvalue weighted by Gasteiger charge is -2.22. The van der Waals surface area contributed by atoms with E-state index in [0.717, 1.165) is 31.5 Å². The highest BCUT2D eigenvalue weighted by atomic mass is 19.1. The standard InChI is InChI=1S/C17H26FNO2.C17H26FNO/c1-19-10-9-16(20)14-7-8-15(18)17(11-14)21-12-13-5-3-2-4-6-13;1-19-11-5-8-14-9-10-16(18)17(12-14)20-13-15-6-3-2-4-7-15/h7-8,11,13,16,19-20H,2-6,9-10,12H2,1H3;9-10,12,15,19H,2-8,11,13H2,1H3. The first-order chi connectivity index (χ1) is 20.0. The molecule has 4 rings (SSSR count). The highest BCUT2D eigenvalue weighted by Crippen LogP contribution is 2.29. The summed E-state index contributed by atoms with van der Waals surface area (Å²) in [5, 5.41) is 16.2. The van der Waals surface area contributed by atoms with E-state index in [0.29, 0.717) is 42.8 Å². The van der Waals surface area contributed by atoms with Crippen molar-refractivity contribution in [2.45, 2.75) is 89.6 Å². The zero-order chi connectivity index (χ0) is 29.3. The van der Waals surface area contributed by atoms with E-state index in [1.807, 2.05) is 26.2 Å². The van der Waals surface area contributed by atoms with Gasteiger partial charge < -0.3 is 25.2 Å². The maximum Gasteiger partial charge on any atom is 0.165 e. The van der Waals surface area contributed by atoms with Crippen LogP contribution in [-0.4, -0.2) is 45.5 Å². The van der Waals surface area contributed by atoms with E-state index in [9.17, 15) is 13.9 Å². The fourth-order valence-corrected chi connectivity index (χ4v) is 5.69. The van der Waals surface area contributed by atoms with Gasteiger partial charge in [0.2, 0.25) is 0 Å². The minimum Gasteiger partial charge on any atom is -0.490 e. The summed E-state index contributed by atoms with van der Waals surface area (Å²) in [7, 11) is 3.79. The van der Waals surface area contributed by atoms with Crippen molar-refractivity contribution < 1.29 is 23.4 Å². The second-order valence-electron chi connectivity index (χ2n) is 11.7. The molecule has 41 heavy (non-hydrogen) atoms. The van der Waals surface area contributed by atoms with E-state index in [1.165, 1.54) is 76.3 Å². The van der Waals surface area contributed by atoms with Gasteiger partial charge in [0.05, 0.1) is 19.3 Å². The number of nitrogens with one attached hydrogen (secondary N) is 2. The Hall–Kier alpha value is -2.22. The van der Waals surface area contributed by atoms with Crippen LogP contribution in [-0.2, 0) is 6.42 Å². The van der Waals surface area contributed by atoms with Crippen LogP contribution in [0.15, 0.2) is 36.4 Å². The van der Waals surface area contributed by atoms with Gasteiger partial charge in [-0.3, -0.25) is 0 Å². The van der Waals surface area contributed by atoms with Crippen LogP contribution in [0.5, 0.6) is 11.5 Å². The number of aryl methyl sites for hydroxylation is 1. The predicted molar refractivity (Wildman–Crippen MR) is 163 cm³/mol. The molecule has 2 aliphatic rings. The van der Waals surface area contributed by atoms with E-state index in [-0.39, 0.29) is 17.4 Å². The molecule has 2 saturated carbocycles. The lowest BCUT2D eigenvalue weighted by molar-refractivity contribution is 0.165. The minimum absolute atomic E-state index is 0.238. The molecule has 1 atom stereocenters. The van der Waals surface area contributed by atoms with Crippen molar-refractivity contribution in [3.05, 3.63) is 59.2 Å². The fourth-order valence-electron chi connectivity index (χ4n) is 5.69. The average Bonchev–Trinajstić information content (AvgIpc) is 3.01. The first-order valence-corrected chi connectivity index (χ1v) is 15.8. The Morgan fingerprint density at radius 1 is 0.756 bits per heavy atom. The first kappa shape index (κ1) is 33.3. The summed E-state index contributed by atoms with van der Waals surface area (Å²) >= 11 is 0. The van der Waals surface area contributed by atoms with Crippen LogP contribution in [0.4, 0.5) is 8.78 Å². The van der Waals surface area contributed by atoms with E-state index in [2.05, 4.69) is 10.6 Å². The van der Waals surface area contributed by atoms with Crippen LogP contribution in [0.2, 0.25) is 0 Å². The van der Waals surface area contributed by atoms with Gasteiger partial charge in [0, 0.05) is 0 Å². The highest BCUT2D eigenvalue weighted by Gasteiger charge is 2.17. The Kier molecular flexibility index (Phi) is 15.5. The molecule has 0 aromatic heterocycles. The van der Waals surface area contributed by atoms with E-state index < -0.39 is 6.10 Å². The zero-order valence-corrected chi connectivity index (χ0v) is 25.2. The van der Waals surface area contributed by atoms with Gasteiger partial charge in [-0.1, -0.05) is 50.7 Å². The summed E-state index contributed by atoms with van der Waals surface area (Å²) < 4.78 is 39.0. The van der Waals surface area contributed by atoms with E-state index in [4.69, 9.17) is 9.47 Å². The number of rotatable bonds is 14. The number of aliphatic hydroxyl groups excluding tert-OH is 1. The van der Waals surface area contributed by atoms with E-state index >= 15 is 0 Å². The van der Waals surface area contributed by atoms with Crippen molar-refractivity contribution in [3.8, 4) is 11.5 Å². The molecular weight excluding hydrogens is 522 g/mol. The molecule has 5 nitrogen and oxygen atoms in total. The van der Waals surface area contributed by atoms with Gasteiger partial charge >= 0.3 is 0 Å². The summed E-state index contributed by atoms with van der Waals surface area (Å²) in [6.45, 7) is 2.94. The molecular formula is C34H52F2N2O3. The molecule has 3 N–H and O–H groups in total. The second-order valence-corrected chi connectivity index (χ2v) is 11.7. The quantitative estimate of drug-likeness (QED) is 0.206. The van der Waals surface area contributed by atoms with Gasteiger partial charge in [-0.05, 0) is 119 Å². The Bertz CT molecular complexity index is 994. The fraction of sp³-hybridized carbons (Fsp3) is 0.647. The maximum atomic E-state index is 13.8. The summed E-state index contributed by atoms with van der Waals surface area (Å²) in [6, 6.07) is 9.91. The Morgan fingerprint density at radius 2 is 1.29 bits per heavy atom. The third kappa shape index (κ3) is 12.3. The topological polar surface area (TPSA) is 62.8 Å². The lowest BCUT2D eigenvalue weighted by Crippen LogP contribution is -2.16. The highest BCUT2D eigenvalue weighted by molar-refractivity contribution is 5.32. The summed E-state index contributed by atoms with van der Waals surface area (Å²) in [6.07, 6.45) is 14.6. The van der Waals surface area contributed by atoms with Crippen molar-refractivity contribution in [1.29, 1.82) is 0 Å². The van der Waals surface area contributed by atoms with Crippen LogP contribution in [0, 0.1) is 23.5 Å². The number of hydrogen-bond acceptors (Lipinski definition) is 5. The van der Waals surface area contributed by atoms with E-state index in [1.54, 1.807) is 12.1 Å². The van der Waals surface area contributed by atoms with Gasteiger partial charge in [-0.25, -0.2) is 8.78 Å². The van der Waals surface area contributed by atoms with Crippen molar-refractivity contribution >= 4 is 0 Å². The molecule has 0 radical (unpaired) electrons. The molecule has 0 spiro atoms. The van der Waals surface area contributed by atoms with Gasteiger partial charge in [0.25, 0.3) is 0 Å². The number of hydrogen-bond donors (Lipinski definition) is 3. The molecule has 0 amide bonds. The van der Waals surface area contributed by atoms with Crippen LogP contribution in [0.3, 0.4) is 0 Å². The van der Waals surface area contributed by atoms with Crippen LogP contribution in [0.25, 0.3) is 0 Å². The van der Waals surface area contributed by atoms with Crippen LogP contribution < -0.4 is 20.1 Å². The molecule has 2 aliphatic carbocycles.